The van der Waals surface area contributed by atoms with Crippen LogP contribution < -0.4 is 14.4 Å². The molecule has 0 fully saturated rings. The molecule has 1 N–H and O–H groups in total. The van der Waals surface area contributed by atoms with Crippen LogP contribution in [0.5, 0.6) is 5.75 Å². The number of ether oxygens (including phenoxy) is 1. The van der Waals surface area contributed by atoms with Crippen LogP contribution in [-0.2, 0) is 0 Å². The number of nitrogens with one attached hydrogen (secondary N) is 1. The van der Waals surface area contributed by atoms with Crippen LogP contribution in [0.25, 0.3) is 0 Å². The van der Waals surface area contributed by atoms with Gasteiger partial charge in [0.2, 0.25) is 0 Å². The normalized spacial score (nSPS) is 10.9. The Morgan fingerprint density at radius 1 is 0.973 bits per heavy atom. The molecule has 3 aromatic carbocycles. The van der Waals surface area contributed by atoms with Gasteiger partial charge in [0, 0.05) is 18.0 Å². The topological polar surface area (TPSA) is 145 Å². The lowest BCUT2D eigenvalue weighted by Crippen LogP contribution is -2.39. The van der Waals surface area contributed by atoms with Gasteiger partial charge >= 0.3 is 12.4 Å². The quantitative estimate of drug-likeness (QED) is 0.208. The molecule has 0 aliphatic carbocycles. The molecule has 0 unspecified atom stereocenters. The fraction of sp³-hybridized carbons (Fsp3) is 0.0476. The van der Waals surface area contributed by atoms with Gasteiger partial charge in [-0.05, 0) is 42.5 Å². The molecule has 3 aromatic rings. The predicted molar refractivity (Wildman–Crippen MR) is 126 cm³/mol. The van der Waals surface area contributed by atoms with Crippen LogP contribution in [0.3, 0.4) is 0 Å². The molecule has 0 saturated heterocycles. The van der Waals surface area contributed by atoms with Crippen molar-refractivity contribution in [2.24, 2.45) is 0 Å². The van der Waals surface area contributed by atoms with Crippen molar-refractivity contribution in [1.82, 2.24) is 5.32 Å². The SMILES string of the molecule is O=C(NC(=O)N(Sc1ccc([N+](=O)[O-])cc1[N+](=O)[O-])c1ccc(OC(F)(F)F)cc1)c1ccccc1Cl. The monoisotopic (exact) mass is 556 g/mol. The third-order valence-corrected chi connectivity index (χ3v) is 5.80. The van der Waals surface area contributed by atoms with Crippen LogP contribution in [0.15, 0.2) is 71.6 Å². The molecule has 37 heavy (non-hydrogen) atoms. The first-order chi connectivity index (χ1) is 17.4. The summed E-state index contributed by atoms with van der Waals surface area (Å²) in [5.41, 5.74) is -1.50. The fourth-order valence-corrected chi connectivity index (χ4v) is 3.92. The molecule has 0 spiro atoms. The molecule has 3 rings (SSSR count). The summed E-state index contributed by atoms with van der Waals surface area (Å²) in [6, 6.07) is 11.1. The number of benzene rings is 3. The van der Waals surface area contributed by atoms with Gasteiger partial charge in [-0.1, -0.05) is 23.7 Å². The number of alkyl halides is 3. The first-order valence-corrected chi connectivity index (χ1v) is 10.9. The van der Waals surface area contributed by atoms with E-state index < -0.39 is 45.3 Å². The lowest BCUT2D eigenvalue weighted by Gasteiger charge is -2.22. The van der Waals surface area contributed by atoms with Crippen molar-refractivity contribution >= 4 is 52.5 Å². The second-order valence-corrected chi connectivity index (χ2v) is 8.23. The molecule has 0 aromatic heterocycles. The number of carbonyl (C=O) groups is 2. The van der Waals surface area contributed by atoms with E-state index in [-0.39, 0.29) is 21.2 Å². The number of hydrogen-bond acceptors (Lipinski definition) is 8. The first kappa shape index (κ1) is 27.2. The molecule has 0 heterocycles. The maximum Gasteiger partial charge on any atom is 0.573 e. The Bertz CT molecular complexity index is 1370. The van der Waals surface area contributed by atoms with E-state index in [1.54, 1.807) is 6.07 Å². The highest BCUT2D eigenvalue weighted by molar-refractivity contribution is 8.01. The maximum absolute atomic E-state index is 13.1. The lowest BCUT2D eigenvalue weighted by atomic mass is 10.2. The van der Waals surface area contributed by atoms with Gasteiger partial charge in [0.25, 0.3) is 17.3 Å². The Balaban J connectivity index is 1.99. The number of imide groups is 1. The van der Waals surface area contributed by atoms with Crippen molar-refractivity contribution in [2.75, 3.05) is 4.31 Å². The number of amides is 3. The zero-order valence-electron chi connectivity index (χ0n) is 18.0. The van der Waals surface area contributed by atoms with Crippen LogP contribution in [0, 0.1) is 20.2 Å². The predicted octanol–water partition coefficient (Wildman–Crippen LogP) is 6.12. The summed E-state index contributed by atoms with van der Waals surface area (Å²) in [4.78, 5) is 46.2. The molecule has 0 saturated carbocycles. The molecule has 0 aliphatic rings. The summed E-state index contributed by atoms with van der Waals surface area (Å²) in [6.45, 7) is 0. The number of halogens is 4. The second kappa shape index (κ2) is 11.1. The second-order valence-electron chi connectivity index (χ2n) is 6.83. The highest BCUT2D eigenvalue weighted by Crippen LogP contribution is 2.38. The van der Waals surface area contributed by atoms with Crippen molar-refractivity contribution < 1.29 is 37.3 Å². The van der Waals surface area contributed by atoms with Gasteiger partial charge in [-0.25, -0.2) is 9.10 Å². The van der Waals surface area contributed by atoms with Crippen LogP contribution in [0.4, 0.5) is 35.0 Å². The van der Waals surface area contributed by atoms with E-state index >= 15 is 0 Å². The molecular weight excluding hydrogens is 545 g/mol. The summed E-state index contributed by atoms with van der Waals surface area (Å²) >= 11 is 6.36. The zero-order valence-corrected chi connectivity index (χ0v) is 19.5. The van der Waals surface area contributed by atoms with Crippen LogP contribution >= 0.6 is 23.5 Å². The van der Waals surface area contributed by atoms with Crippen molar-refractivity contribution in [3.05, 3.63) is 97.5 Å². The standard InChI is InChI=1S/C21H12ClF3N4O7S/c22-16-4-2-1-3-15(16)19(30)26-20(31)27(12-5-8-14(9-6-12)36-21(23,24)25)37-18-10-7-13(28(32)33)11-17(18)29(34)35/h1-11H,(H,26,30,31). The van der Waals surface area contributed by atoms with Gasteiger partial charge in [-0.15, -0.1) is 13.2 Å². The number of anilines is 1. The third kappa shape index (κ3) is 7.08. The first-order valence-electron chi connectivity index (χ1n) is 9.72. The minimum absolute atomic E-state index is 0.0201. The van der Waals surface area contributed by atoms with Gasteiger partial charge in [0.15, 0.2) is 0 Å². The van der Waals surface area contributed by atoms with E-state index in [1.807, 2.05) is 5.32 Å². The Kier molecular flexibility index (Phi) is 8.19. The van der Waals surface area contributed by atoms with E-state index in [0.717, 1.165) is 40.7 Å². The Morgan fingerprint density at radius 2 is 1.62 bits per heavy atom. The smallest absolute Gasteiger partial charge is 0.406 e. The van der Waals surface area contributed by atoms with Crippen molar-refractivity contribution in [3.63, 3.8) is 0 Å². The molecule has 16 heteroatoms. The summed E-state index contributed by atoms with van der Waals surface area (Å²) < 4.78 is 42.0. The van der Waals surface area contributed by atoms with Gasteiger partial charge in [0.1, 0.15) is 10.6 Å². The van der Waals surface area contributed by atoms with Gasteiger partial charge in [-0.2, -0.15) is 0 Å². The highest BCUT2D eigenvalue weighted by atomic mass is 35.5. The number of rotatable bonds is 7. The molecular formula is C21H12ClF3N4O7S. The highest BCUT2D eigenvalue weighted by Gasteiger charge is 2.31. The van der Waals surface area contributed by atoms with Crippen LogP contribution in [0.2, 0.25) is 5.02 Å². The summed E-state index contributed by atoms with van der Waals surface area (Å²) in [7, 11) is 0. The molecule has 0 radical (unpaired) electrons. The molecule has 11 nitrogen and oxygen atoms in total. The van der Waals surface area contributed by atoms with E-state index in [1.165, 1.54) is 18.2 Å². The number of carbonyl (C=O) groups excluding carboxylic acids is 2. The molecule has 0 bridgehead atoms. The number of urea groups is 1. The number of nitro benzene ring substituents is 2. The maximum atomic E-state index is 13.1. The molecule has 3 amide bonds. The van der Waals surface area contributed by atoms with Gasteiger partial charge in [-0.3, -0.25) is 30.3 Å². The van der Waals surface area contributed by atoms with Gasteiger partial charge < -0.3 is 4.74 Å². The zero-order chi connectivity index (χ0) is 27.3. The van der Waals surface area contributed by atoms with E-state index in [2.05, 4.69) is 4.74 Å². The van der Waals surface area contributed by atoms with Crippen LogP contribution in [-0.4, -0.2) is 28.1 Å². The average Bonchev–Trinajstić information content (AvgIpc) is 2.82. The summed E-state index contributed by atoms with van der Waals surface area (Å²) in [5, 5.41) is 24.6. The largest absolute Gasteiger partial charge is 0.573 e. The molecule has 0 aliphatic heterocycles. The number of nitrogens with zero attached hydrogens (tertiary/aromatic N) is 3. The number of nitro groups is 2. The number of non-ortho nitro benzene ring substituents is 1. The van der Waals surface area contributed by atoms with E-state index in [0.29, 0.717) is 18.0 Å². The third-order valence-electron chi connectivity index (χ3n) is 4.37. The number of hydrogen-bond donors (Lipinski definition) is 1. The van der Waals surface area contributed by atoms with Crippen LogP contribution in [0.1, 0.15) is 10.4 Å². The minimum atomic E-state index is -4.98. The van der Waals surface area contributed by atoms with Gasteiger partial charge in [0.05, 0.1) is 32.2 Å². The lowest BCUT2D eigenvalue weighted by molar-refractivity contribution is -0.396. The fourth-order valence-electron chi connectivity index (χ4n) is 2.79. The minimum Gasteiger partial charge on any atom is -0.406 e. The van der Waals surface area contributed by atoms with E-state index in [9.17, 15) is 43.0 Å². The average molecular weight is 557 g/mol. The summed E-state index contributed by atoms with van der Waals surface area (Å²) in [6.07, 6.45) is -4.98. The van der Waals surface area contributed by atoms with E-state index in [4.69, 9.17) is 11.6 Å². The Labute approximate surface area is 214 Å². The molecule has 0 atom stereocenters. The van der Waals surface area contributed by atoms with Crippen molar-refractivity contribution in [2.45, 2.75) is 11.3 Å². The molecule has 192 valence electrons. The Morgan fingerprint density at radius 3 is 2.19 bits per heavy atom. The Hall–Kier alpha value is -4.37. The summed E-state index contributed by atoms with van der Waals surface area (Å²) in [5.74, 6) is -1.55. The van der Waals surface area contributed by atoms with Crippen molar-refractivity contribution in [1.29, 1.82) is 0 Å². The van der Waals surface area contributed by atoms with Crippen molar-refractivity contribution in [3.8, 4) is 5.75 Å².